The fourth-order valence-electron chi connectivity index (χ4n) is 2.34. The second-order valence-electron chi connectivity index (χ2n) is 5.65. The summed E-state index contributed by atoms with van der Waals surface area (Å²) in [4.78, 5) is 0. The van der Waals surface area contributed by atoms with Crippen molar-refractivity contribution in [2.75, 3.05) is 6.61 Å². The lowest BCUT2D eigenvalue weighted by Crippen LogP contribution is -2.27. The molecular formula is C18H31NO. The van der Waals surface area contributed by atoms with Gasteiger partial charge in [-0.25, -0.2) is 0 Å². The van der Waals surface area contributed by atoms with E-state index in [1.807, 2.05) is 30.3 Å². The van der Waals surface area contributed by atoms with Crippen molar-refractivity contribution in [3.05, 3.63) is 30.3 Å². The molecule has 0 aliphatic heterocycles. The number of para-hydroxylation sites is 1. The maximum atomic E-state index is 6.08. The van der Waals surface area contributed by atoms with Gasteiger partial charge in [-0.3, -0.25) is 0 Å². The molecule has 114 valence electrons. The van der Waals surface area contributed by atoms with E-state index >= 15 is 0 Å². The van der Waals surface area contributed by atoms with Gasteiger partial charge in [0.05, 0.1) is 0 Å². The molecule has 0 aliphatic carbocycles. The van der Waals surface area contributed by atoms with E-state index in [0.717, 1.165) is 12.2 Å². The first-order valence-electron chi connectivity index (χ1n) is 8.26. The first kappa shape index (κ1) is 17.0. The first-order valence-corrected chi connectivity index (χ1v) is 8.26. The van der Waals surface area contributed by atoms with Crippen LogP contribution in [0.15, 0.2) is 30.3 Å². The van der Waals surface area contributed by atoms with Crippen LogP contribution in [0.4, 0.5) is 0 Å². The Morgan fingerprint density at radius 3 is 2.15 bits per heavy atom. The van der Waals surface area contributed by atoms with Gasteiger partial charge < -0.3 is 10.5 Å². The smallest absolute Gasteiger partial charge is 0.119 e. The van der Waals surface area contributed by atoms with Gasteiger partial charge in [-0.05, 0) is 18.6 Å². The van der Waals surface area contributed by atoms with Crippen molar-refractivity contribution in [1.29, 1.82) is 0 Å². The summed E-state index contributed by atoms with van der Waals surface area (Å²) in [6.07, 6.45) is 11.9. The van der Waals surface area contributed by atoms with Crippen LogP contribution in [-0.4, -0.2) is 12.6 Å². The third-order valence-corrected chi connectivity index (χ3v) is 3.64. The van der Waals surface area contributed by atoms with Gasteiger partial charge >= 0.3 is 0 Å². The van der Waals surface area contributed by atoms with Crippen molar-refractivity contribution >= 4 is 0 Å². The van der Waals surface area contributed by atoms with Crippen LogP contribution in [0.25, 0.3) is 0 Å². The normalized spacial score (nSPS) is 12.3. The molecule has 0 radical (unpaired) electrons. The van der Waals surface area contributed by atoms with Crippen LogP contribution in [0, 0.1) is 0 Å². The Morgan fingerprint density at radius 1 is 0.900 bits per heavy atom. The third-order valence-electron chi connectivity index (χ3n) is 3.64. The van der Waals surface area contributed by atoms with Gasteiger partial charge in [0.2, 0.25) is 0 Å². The largest absolute Gasteiger partial charge is 0.492 e. The van der Waals surface area contributed by atoms with Crippen LogP contribution in [0.2, 0.25) is 0 Å². The average molecular weight is 277 g/mol. The standard InChI is InChI=1S/C18H31NO/c1-2-3-4-5-6-7-8-10-13-17(19)16-20-18-14-11-9-12-15-18/h9,11-12,14-15,17H,2-8,10,13,16,19H2,1H3. The van der Waals surface area contributed by atoms with E-state index in [9.17, 15) is 0 Å². The van der Waals surface area contributed by atoms with Crippen molar-refractivity contribution < 1.29 is 4.74 Å². The molecule has 1 aromatic carbocycles. The topological polar surface area (TPSA) is 35.2 Å². The molecule has 2 N–H and O–H groups in total. The van der Waals surface area contributed by atoms with Crippen LogP contribution in [0.5, 0.6) is 5.75 Å². The molecule has 1 aromatic rings. The summed E-state index contributed by atoms with van der Waals surface area (Å²) in [6.45, 7) is 2.89. The predicted octanol–water partition coefficient (Wildman–Crippen LogP) is 4.92. The summed E-state index contributed by atoms with van der Waals surface area (Å²) in [5.74, 6) is 0.916. The lowest BCUT2D eigenvalue weighted by Gasteiger charge is -2.13. The summed E-state index contributed by atoms with van der Waals surface area (Å²) in [7, 11) is 0. The second-order valence-corrected chi connectivity index (χ2v) is 5.65. The minimum atomic E-state index is 0.162. The zero-order chi connectivity index (χ0) is 14.5. The van der Waals surface area contributed by atoms with Crippen LogP contribution in [-0.2, 0) is 0 Å². The lowest BCUT2D eigenvalue weighted by atomic mass is 10.1. The summed E-state index contributed by atoms with van der Waals surface area (Å²) in [6, 6.07) is 10.1. The quantitative estimate of drug-likeness (QED) is 0.550. The van der Waals surface area contributed by atoms with Crippen molar-refractivity contribution in [2.45, 2.75) is 70.8 Å². The highest BCUT2D eigenvalue weighted by Gasteiger charge is 2.03. The molecule has 0 saturated carbocycles. The molecule has 0 amide bonds. The summed E-state index contributed by atoms with van der Waals surface area (Å²) >= 11 is 0. The molecule has 1 rings (SSSR count). The van der Waals surface area contributed by atoms with Gasteiger partial charge in [0.1, 0.15) is 12.4 Å². The van der Waals surface area contributed by atoms with Crippen molar-refractivity contribution in [2.24, 2.45) is 5.73 Å². The Morgan fingerprint density at radius 2 is 1.50 bits per heavy atom. The Hall–Kier alpha value is -1.02. The Bertz CT molecular complexity index is 312. The van der Waals surface area contributed by atoms with E-state index in [4.69, 9.17) is 10.5 Å². The van der Waals surface area contributed by atoms with Gasteiger partial charge in [0.15, 0.2) is 0 Å². The maximum absolute atomic E-state index is 6.08. The first-order chi connectivity index (χ1) is 9.83. The highest BCUT2D eigenvalue weighted by molar-refractivity contribution is 5.20. The molecule has 0 aliphatic rings. The van der Waals surface area contributed by atoms with Gasteiger partial charge in [-0.1, -0.05) is 76.5 Å². The van der Waals surface area contributed by atoms with Gasteiger partial charge in [-0.15, -0.1) is 0 Å². The second kappa shape index (κ2) is 11.8. The molecule has 0 bridgehead atoms. The highest BCUT2D eigenvalue weighted by atomic mass is 16.5. The number of hydrogen-bond acceptors (Lipinski definition) is 2. The molecule has 2 nitrogen and oxygen atoms in total. The number of ether oxygens (including phenoxy) is 1. The zero-order valence-electron chi connectivity index (χ0n) is 13.0. The molecular weight excluding hydrogens is 246 g/mol. The number of benzene rings is 1. The summed E-state index contributed by atoms with van der Waals surface area (Å²) in [5.41, 5.74) is 6.08. The number of rotatable bonds is 12. The fraction of sp³-hybridized carbons (Fsp3) is 0.667. The van der Waals surface area contributed by atoms with E-state index in [-0.39, 0.29) is 6.04 Å². The molecule has 0 fully saturated rings. The van der Waals surface area contributed by atoms with Crippen molar-refractivity contribution in [1.82, 2.24) is 0 Å². The molecule has 0 aromatic heterocycles. The minimum absolute atomic E-state index is 0.162. The Balaban J connectivity index is 1.91. The lowest BCUT2D eigenvalue weighted by molar-refractivity contribution is 0.279. The minimum Gasteiger partial charge on any atom is -0.492 e. The SMILES string of the molecule is CCCCCCCCCCC(N)COc1ccccc1. The van der Waals surface area contributed by atoms with Crippen LogP contribution in [0.1, 0.15) is 64.7 Å². The molecule has 0 saturated heterocycles. The van der Waals surface area contributed by atoms with E-state index in [1.54, 1.807) is 0 Å². The van der Waals surface area contributed by atoms with Crippen LogP contribution >= 0.6 is 0 Å². The average Bonchev–Trinajstić information content (AvgIpc) is 2.49. The molecule has 0 heterocycles. The van der Waals surface area contributed by atoms with E-state index in [1.165, 1.54) is 51.4 Å². The zero-order valence-corrected chi connectivity index (χ0v) is 13.0. The Labute approximate surface area is 124 Å². The molecule has 20 heavy (non-hydrogen) atoms. The van der Waals surface area contributed by atoms with Crippen LogP contribution in [0.3, 0.4) is 0 Å². The molecule has 1 unspecified atom stereocenters. The van der Waals surface area contributed by atoms with Crippen molar-refractivity contribution in [3.63, 3.8) is 0 Å². The number of nitrogens with two attached hydrogens (primary N) is 1. The molecule has 2 heteroatoms. The highest BCUT2D eigenvalue weighted by Crippen LogP contribution is 2.12. The maximum Gasteiger partial charge on any atom is 0.119 e. The summed E-state index contributed by atoms with van der Waals surface area (Å²) < 4.78 is 5.67. The fourth-order valence-corrected chi connectivity index (χ4v) is 2.34. The van der Waals surface area contributed by atoms with E-state index in [0.29, 0.717) is 6.61 Å². The summed E-state index contributed by atoms with van der Waals surface area (Å²) in [5, 5.41) is 0. The molecule has 0 spiro atoms. The number of unbranched alkanes of at least 4 members (excludes halogenated alkanes) is 7. The van der Waals surface area contributed by atoms with Crippen LogP contribution < -0.4 is 10.5 Å². The van der Waals surface area contributed by atoms with Gasteiger partial charge in [0, 0.05) is 6.04 Å². The monoisotopic (exact) mass is 277 g/mol. The predicted molar refractivity (Wildman–Crippen MR) is 87.1 cm³/mol. The van der Waals surface area contributed by atoms with E-state index in [2.05, 4.69) is 6.92 Å². The van der Waals surface area contributed by atoms with Crippen molar-refractivity contribution in [3.8, 4) is 5.75 Å². The van der Waals surface area contributed by atoms with E-state index < -0.39 is 0 Å². The molecule has 1 atom stereocenters. The van der Waals surface area contributed by atoms with Gasteiger partial charge in [-0.2, -0.15) is 0 Å². The third kappa shape index (κ3) is 8.98. The Kier molecular flexibility index (Phi) is 10.0. The van der Waals surface area contributed by atoms with Gasteiger partial charge in [0.25, 0.3) is 0 Å². The number of hydrogen-bond donors (Lipinski definition) is 1.